The van der Waals surface area contributed by atoms with E-state index in [1.165, 1.54) is 18.2 Å². The zero-order chi connectivity index (χ0) is 10.0. The van der Waals surface area contributed by atoms with Crippen LogP contribution in [0.3, 0.4) is 0 Å². The fourth-order valence-electron chi connectivity index (χ4n) is 0.920. The number of aromatic carboxylic acids is 2. The van der Waals surface area contributed by atoms with Gasteiger partial charge < -0.3 is 10.2 Å². The van der Waals surface area contributed by atoms with E-state index < -0.39 is 11.9 Å². The Bertz CT molecular complexity index is 378. The summed E-state index contributed by atoms with van der Waals surface area (Å²) in [4.78, 5) is 21.2. The van der Waals surface area contributed by atoms with Crippen LogP contribution in [0.5, 0.6) is 0 Å². The normalized spacial score (nSPS) is 8.93. The van der Waals surface area contributed by atoms with E-state index in [0.29, 0.717) is 0 Å². The molecule has 1 aromatic rings. The fraction of sp³-hybridized carbons (Fsp3) is 0. The average Bonchev–Trinajstić information content (AvgIpc) is 2.02. The Morgan fingerprint density at radius 1 is 1.14 bits per heavy atom. The van der Waals surface area contributed by atoms with Gasteiger partial charge in [0.15, 0.2) is 0 Å². The van der Waals surface area contributed by atoms with Gasteiger partial charge in [0.1, 0.15) is 0 Å². The zero-order valence-electron chi connectivity index (χ0n) is 6.32. The Labute approximate surface area is 107 Å². The van der Waals surface area contributed by atoms with Crippen LogP contribution in [0.1, 0.15) is 20.7 Å². The van der Waals surface area contributed by atoms with Crippen molar-refractivity contribution < 1.29 is 19.8 Å². The van der Waals surface area contributed by atoms with Gasteiger partial charge >= 0.3 is 41.5 Å². The van der Waals surface area contributed by atoms with Gasteiger partial charge in [-0.15, -0.1) is 0 Å². The first-order valence-corrected chi connectivity index (χ1v) is 3.67. The van der Waals surface area contributed by atoms with Gasteiger partial charge in [-0.2, -0.15) is 0 Å². The molecule has 0 aliphatic carbocycles. The van der Waals surface area contributed by atoms with E-state index in [1.807, 2.05) is 0 Å². The van der Waals surface area contributed by atoms with Gasteiger partial charge in [0.2, 0.25) is 0 Å². The summed E-state index contributed by atoms with van der Waals surface area (Å²) in [5, 5.41) is 17.2. The Balaban J connectivity index is 0.00000169. The molecule has 0 saturated heterocycles. The molecule has 1 rings (SSSR count). The van der Waals surface area contributed by atoms with Crippen molar-refractivity contribution in [3.8, 4) is 0 Å². The van der Waals surface area contributed by atoms with E-state index in [2.05, 4.69) is 0 Å². The quantitative estimate of drug-likeness (QED) is 0.738. The van der Waals surface area contributed by atoms with E-state index in [4.69, 9.17) is 21.8 Å². The zero-order valence-corrected chi connectivity index (χ0v) is 7.08. The van der Waals surface area contributed by atoms with Crippen LogP contribution in [0, 0.1) is 0 Å². The van der Waals surface area contributed by atoms with Crippen LogP contribution in [0.15, 0.2) is 18.2 Å². The summed E-state index contributed by atoms with van der Waals surface area (Å²) in [6, 6.07) is 3.91. The Hall–Kier alpha value is -0.550. The third-order valence-electron chi connectivity index (χ3n) is 1.46. The molecule has 2 N–H and O–H groups in total. The summed E-state index contributed by atoms with van der Waals surface area (Å²) in [6.07, 6.45) is 0. The van der Waals surface area contributed by atoms with Crippen molar-refractivity contribution in [3.05, 3.63) is 34.3 Å². The number of benzene rings is 1. The van der Waals surface area contributed by atoms with Gasteiger partial charge in [-0.1, -0.05) is 17.7 Å². The Kier molecular flexibility index (Phi) is 5.15. The summed E-state index contributed by atoms with van der Waals surface area (Å²) in [7, 11) is 0. The van der Waals surface area contributed by atoms with Crippen LogP contribution in [-0.4, -0.2) is 51.7 Å². The predicted octanol–water partition coefficient (Wildman–Crippen LogP) is 1.09. The van der Waals surface area contributed by atoms with Crippen LogP contribution >= 0.6 is 11.6 Å². The van der Waals surface area contributed by atoms with Crippen LogP contribution in [0.25, 0.3) is 0 Å². The number of carboxylic acids is 2. The number of carboxylic acid groups (broad SMARTS) is 2. The van der Waals surface area contributed by atoms with Gasteiger partial charge in [-0.25, -0.2) is 9.59 Å². The summed E-state index contributed by atoms with van der Waals surface area (Å²) >= 11 is 5.52. The minimum absolute atomic E-state index is 0. The summed E-state index contributed by atoms with van der Waals surface area (Å²) in [6.45, 7) is 0. The molecule has 14 heavy (non-hydrogen) atoms. The van der Waals surface area contributed by atoms with Crippen LogP contribution in [0.4, 0.5) is 0 Å². The number of hydrogen-bond donors (Lipinski definition) is 2. The number of rotatable bonds is 2. The maximum atomic E-state index is 10.6. The van der Waals surface area contributed by atoms with E-state index in [1.54, 1.807) is 0 Å². The Morgan fingerprint density at radius 2 is 1.71 bits per heavy atom. The first-order chi connectivity index (χ1) is 6.04. The molecule has 0 amide bonds. The Morgan fingerprint density at radius 3 is 2.07 bits per heavy atom. The van der Waals surface area contributed by atoms with Gasteiger partial charge in [0.05, 0.1) is 16.1 Å². The molecule has 0 aromatic heterocycles. The van der Waals surface area contributed by atoms with Gasteiger partial charge in [0, 0.05) is 0 Å². The number of halogens is 1. The van der Waals surface area contributed by atoms with E-state index in [0.717, 1.165) is 0 Å². The topological polar surface area (TPSA) is 74.6 Å². The number of hydrogen-bond acceptors (Lipinski definition) is 2. The molecule has 0 fully saturated rings. The molecule has 0 spiro atoms. The molecule has 0 saturated carbocycles. The second kappa shape index (κ2) is 5.36. The number of carbonyl (C=O) groups is 2. The SMILES string of the molecule is O=C(O)c1cccc(Cl)c1C(=O)O.[NaH]. The second-order valence-electron chi connectivity index (χ2n) is 2.27. The third kappa shape index (κ3) is 2.72. The molecule has 0 aliphatic rings. The molecule has 0 aliphatic heterocycles. The summed E-state index contributed by atoms with van der Waals surface area (Å²) in [5.74, 6) is -2.65. The van der Waals surface area contributed by atoms with Crippen molar-refractivity contribution >= 4 is 53.1 Å². The van der Waals surface area contributed by atoms with Crippen molar-refractivity contribution in [2.45, 2.75) is 0 Å². The first-order valence-electron chi connectivity index (χ1n) is 3.29. The molecule has 0 heterocycles. The second-order valence-corrected chi connectivity index (χ2v) is 2.68. The molecule has 6 heteroatoms. The summed E-state index contributed by atoms with van der Waals surface area (Å²) in [5.41, 5.74) is -0.684. The van der Waals surface area contributed by atoms with Crippen molar-refractivity contribution in [3.63, 3.8) is 0 Å². The van der Waals surface area contributed by atoms with Crippen molar-refractivity contribution in [1.82, 2.24) is 0 Å². The molecule has 1 aromatic carbocycles. The molecule has 0 unspecified atom stereocenters. The van der Waals surface area contributed by atoms with E-state index >= 15 is 0 Å². The fourth-order valence-corrected chi connectivity index (χ4v) is 1.18. The standard InChI is InChI=1S/C8H5ClO4.Na.H/c9-5-3-1-2-4(7(10)11)6(5)8(12)13;;/h1-3H,(H,10,11)(H,12,13);;. The molecule has 4 nitrogen and oxygen atoms in total. The molecule has 0 bridgehead atoms. The van der Waals surface area contributed by atoms with Crippen molar-refractivity contribution in [1.29, 1.82) is 0 Å². The molecular formula is C8H6ClNaO4. The van der Waals surface area contributed by atoms with Gasteiger partial charge in [-0.05, 0) is 12.1 Å². The molecular weight excluding hydrogens is 219 g/mol. The van der Waals surface area contributed by atoms with Crippen molar-refractivity contribution in [2.24, 2.45) is 0 Å². The van der Waals surface area contributed by atoms with E-state index in [-0.39, 0.29) is 45.7 Å². The van der Waals surface area contributed by atoms with Crippen LogP contribution in [0.2, 0.25) is 5.02 Å². The molecule has 0 radical (unpaired) electrons. The van der Waals surface area contributed by atoms with Gasteiger partial charge in [-0.3, -0.25) is 0 Å². The van der Waals surface area contributed by atoms with Crippen molar-refractivity contribution in [2.75, 3.05) is 0 Å². The maximum absolute atomic E-state index is 10.6. The third-order valence-corrected chi connectivity index (χ3v) is 1.77. The van der Waals surface area contributed by atoms with Crippen LogP contribution < -0.4 is 0 Å². The average molecular weight is 225 g/mol. The van der Waals surface area contributed by atoms with E-state index in [9.17, 15) is 9.59 Å². The monoisotopic (exact) mass is 224 g/mol. The minimum atomic E-state index is -1.34. The summed E-state index contributed by atoms with van der Waals surface area (Å²) < 4.78 is 0. The van der Waals surface area contributed by atoms with Gasteiger partial charge in [0.25, 0.3) is 0 Å². The predicted molar refractivity (Wildman–Crippen MR) is 52.5 cm³/mol. The molecule has 70 valence electrons. The van der Waals surface area contributed by atoms with Crippen LogP contribution in [-0.2, 0) is 0 Å². The molecule has 0 atom stereocenters. The first kappa shape index (κ1) is 13.4.